The Bertz CT molecular complexity index is 514. The Labute approximate surface area is 135 Å². The maximum atomic E-state index is 10.5. The summed E-state index contributed by atoms with van der Waals surface area (Å²) in [5.74, 6) is -0.577. The molecule has 0 saturated carbocycles. The van der Waals surface area contributed by atoms with Gasteiger partial charge in [0.1, 0.15) is 0 Å². The predicted molar refractivity (Wildman–Crippen MR) is 95.8 cm³/mol. The van der Waals surface area contributed by atoms with Crippen molar-refractivity contribution >= 4 is 5.97 Å². The third-order valence-electron chi connectivity index (χ3n) is 3.91. The summed E-state index contributed by atoms with van der Waals surface area (Å²) in [4.78, 5) is 10.5. The van der Waals surface area contributed by atoms with Crippen molar-refractivity contribution in [1.29, 1.82) is 0 Å². The number of carboxylic acids is 1. The van der Waals surface area contributed by atoms with Crippen molar-refractivity contribution in [3.05, 3.63) is 59.8 Å². The van der Waals surface area contributed by atoms with Gasteiger partial charge in [-0.05, 0) is 31.8 Å². The number of carboxylic acid groups (broad SMARTS) is 1. The lowest BCUT2D eigenvalue weighted by atomic mass is 9.73. The van der Waals surface area contributed by atoms with Gasteiger partial charge in [-0.25, -0.2) is 4.79 Å². The highest BCUT2D eigenvalue weighted by molar-refractivity contribution is 5.81. The quantitative estimate of drug-likeness (QED) is 0.354. The fraction of sp³-hybridized carbons (Fsp3) is 0.450. The zero-order valence-electron chi connectivity index (χ0n) is 14.8. The molecule has 0 amide bonds. The van der Waals surface area contributed by atoms with Crippen LogP contribution in [-0.4, -0.2) is 11.1 Å². The number of carbonyl (C=O) groups is 1. The van der Waals surface area contributed by atoms with Gasteiger partial charge < -0.3 is 5.11 Å². The van der Waals surface area contributed by atoms with Crippen molar-refractivity contribution in [2.45, 2.75) is 48.0 Å². The smallest absolute Gasteiger partial charge is 0.328 e. The Morgan fingerprint density at radius 3 is 2.23 bits per heavy atom. The number of aliphatic carboxylic acids is 1. The lowest BCUT2D eigenvalue weighted by Crippen LogP contribution is -2.22. The van der Waals surface area contributed by atoms with E-state index in [4.69, 9.17) is 5.11 Å². The second-order valence-corrected chi connectivity index (χ2v) is 6.52. The van der Waals surface area contributed by atoms with Crippen LogP contribution in [0.1, 0.15) is 48.0 Å². The minimum absolute atomic E-state index is 0.194. The van der Waals surface area contributed by atoms with Crippen molar-refractivity contribution < 1.29 is 9.90 Å². The van der Waals surface area contributed by atoms with Crippen LogP contribution in [0.2, 0.25) is 0 Å². The summed E-state index contributed by atoms with van der Waals surface area (Å²) in [6.45, 7) is 16.7. The van der Waals surface area contributed by atoms with Crippen LogP contribution in [0.25, 0.3) is 0 Å². The highest BCUT2D eigenvalue weighted by Crippen LogP contribution is 2.36. The molecule has 0 aromatic carbocycles. The van der Waals surface area contributed by atoms with E-state index in [1.165, 1.54) is 11.6 Å². The summed E-state index contributed by atoms with van der Waals surface area (Å²) in [6.07, 6.45) is 12.2. The maximum Gasteiger partial charge on any atom is 0.328 e. The van der Waals surface area contributed by atoms with Gasteiger partial charge in [0.05, 0.1) is 0 Å². The van der Waals surface area contributed by atoms with Crippen molar-refractivity contribution in [3.63, 3.8) is 0 Å². The molecule has 0 aliphatic rings. The summed E-state index contributed by atoms with van der Waals surface area (Å²) in [6, 6.07) is 0. The molecule has 122 valence electrons. The second kappa shape index (κ2) is 9.24. The predicted octanol–water partition coefficient (Wildman–Crippen LogP) is 5.70. The Hall–Kier alpha value is -1.83. The SMILES string of the molecule is C=C(C)C(C=CC(C)=C/C=C/C(C)=C/C(=O)O)C(C)(C)CC. The van der Waals surface area contributed by atoms with Crippen molar-refractivity contribution in [1.82, 2.24) is 0 Å². The first-order valence-electron chi connectivity index (χ1n) is 7.70. The lowest BCUT2D eigenvalue weighted by Gasteiger charge is -2.32. The van der Waals surface area contributed by atoms with E-state index in [1.807, 2.05) is 19.1 Å². The molecule has 0 aliphatic heterocycles. The van der Waals surface area contributed by atoms with Gasteiger partial charge in [-0.2, -0.15) is 0 Å². The molecule has 0 aromatic heterocycles. The molecular formula is C20H30O2. The Morgan fingerprint density at radius 2 is 1.77 bits per heavy atom. The first kappa shape index (κ1) is 20.2. The van der Waals surface area contributed by atoms with Gasteiger partial charge in [0.2, 0.25) is 0 Å². The summed E-state index contributed by atoms with van der Waals surface area (Å²) < 4.78 is 0. The molecule has 1 unspecified atom stereocenters. The summed E-state index contributed by atoms with van der Waals surface area (Å²) in [5, 5.41) is 8.64. The van der Waals surface area contributed by atoms with Crippen LogP contribution in [0.15, 0.2) is 59.8 Å². The van der Waals surface area contributed by atoms with Crippen LogP contribution in [0.5, 0.6) is 0 Å². The molecule has 1 atom stereocenters. The molecule has 0 spiro atoms. The number of hydrogen-bond acceptors (Lipinski definition) is 1. The molecule has 1 N–H and O–H groups in total. The van der Waals surface area contributed by atoms with Gasteiger partial charge in [0.25, 0.3) is 0 Å². The van der Waals surface area contributed by atoms with Crippen LogP contribution in [-0.2, 0) is 4.79 Å². The molecule has 0 aromatic rings. The lowest BCUT2D eigenvalue weighted by molar-refractivity contribution is -0.131. The maximum absolute atomic E-state index is 10.5. The first-order valence-corrected chi connectivity index (χ1v) is 7.70. The standard InChI is InChI=1S/C20H30O2/c1-8-20(6,7)18(15(2)3)13-12-16(4)10-9-11-17(5)14-19(21)22/h9-14,18H,2,8H2,1,3-7H3,(H,21,22)/b11-9+,13-12?,16-10?,17-14+. The van der Waals surface area contributed by atoms with Crippen molar-refractivity contribution in [2.75, 3.05) is 0 Å². The largest absolute Gasteiger partial charge is 0.478 e. The minimum Gasteiger partial charge on any atom is -0.478 e. The fourth-order valence-corrected chi connectivity index (χ4v) is 2.21. The van der Waals surface area contributed by atoms with E-state index >= 15 is 0 Å². The van der Waals surface area contributed by atoms with Gasteiger partial charge in [0, 0.05) is 12.0 Å². The highest BCUT2D eigenvalue weighted by atomic mass is 16.4. The third-order valence-corrected chi connectivity index (χ3v) is 3.91. The van der Waals surface area contributed by atoms with E-state index in [2.05, 4.69) is 46.4 Å². The highest BCUT2D eigenvalue weighted by Gasteiger charge is 2.25. The first-order chi connectivity index (χ1) is 10.1. The molecular weight excluding hydrogens is 272 g/mol. The zero-order chi connectivity index (χ0) is 17.3. The second-order valence-electron chi connectivity index (χ2n) is 6.52. The summed E-state index contributed by atoms with van der Waals surface area (Å²) in [7, 11) is 0. The topological polar surface area (TPSA) is 37.3 Å². The summed E-state index contributed by atoms with van der Waals surface area (Å²) in [5.41, 5.74) is 3.20. The molecule has 2 nitrogen and oxygen atoms in total. The summed E-state index contributed by atoms with van der Waals surface area (Å²) >= 11 is 0. The number of rotatable bonds is 8. The van der Waals surface area contributed by atoms with E-state index in [1.54, 1.807) is 13.0 Å². The molecule has 22 heavy (non-hydrogen) atoms. The zero-order valence-corrected chi connectivity index (χ0v) is 14.8. The Morgan fingerprint density at radius 1 is 1.18 bits per heavy atom. The molecule has 0 fully saturated rings. The van der Waals surface area contributed by atoms with Crippen LogP contribution < -0.4 is 0 Å². The van der Waals surface area contributed by atoms with Crippen molar-refractivity contribution in [3.8, 4) is 0 Å². The van der Waals surface area contributed by atoms with E-state index < -0.39 is 5.97 Å². The third kappa shape index (κ3) is 7.82. The van der Waals surface area contributed by atoms with Crippen molar-refractivity contribution in [2.24, 2.45) is 11.3 Å². The molecule has 0 bridgehead atoms. The molecule has 0 saturated heterocycles. The van der Waals surface area contributed by atoms with E-state index in [0.717, 1.165) is 12.0 Å². The van der Waals surface area contributed by atoms with Crippen LogP contribution in [0.3, 0.4) is 0 Å². The average molecular weight is 302 g/mol. The monoisotopic (exact) mass is 302 g/mol. The molecule has 0 aliphatic carbocycles. The van der Waals surface area contributed by atoms with Crippen LogP contribution in [0.4, 0.5) is 0 Å². The van der Waals surface area contributed by atoms with E-state index in [-0.39, 0.29) is 5.41 Å². The van der Waals surface area contributed by atoms with Gasteiger partial charge >= 0.3 is 5.97 Å². The van der Waals surface area contributed by atoms with Gasteiger partial charge in [-0.15, -0.1) is 0 Å². The van der Waals surface area contributed by atoms with Crippen LogP contribution >= 0.6 is 0 Å². The average Bonchev–Trinajstić information content (AvgIpc) is 2.37. The number of allylic oxidation sites excluding steroid dienone is 8. The van der Waals surface area contributed by atoms with E-state index in [0.29, 0.717) is 11.5 Å². The van der Waals surface area contributed by atoms with Crippen LogP contribution in [0, 0.1) is 11.3 Å². The molecule has 0 radical (unpaired) electrons. The van der Waals surface area contributed by atoms with E-state index in [9.17, 15) is 4.79 Å². The van der Waals surface area contributed by atoms with Gasteiger partial charge in [0.15, 0.2) is 0 Å². The normalized spacial score (nSPS) is 15.5. The Kier molecular flexibility index (Phi) is 8.47. The Balaban J connectivity index is 4.98. The molecule has 0 heterocycles. The van der Waals surface area contributed by atoms with Gasteiger partial charge in [-0.1, -0.05) is 75.3 Å². The number of hydrogen-bond donors (Lipinski definition) is 1. The van der Waals surface area contributed by atoms with Gasteiger partial charge in [-0.3, -0.25) is 0 Å². The fourth-order valence-electron chi connectivity index (χ4n) is 2.21. The minimum atomic E-state index is -0.922. The molecule has 2 heteroatoms. The molecule has 0 rings (SSSR count).